The summed E-state index contributed by atoms with van der Waals surface area (Å²) in [5, 5.41) is 0. The fourth-order valence-corrected chi connectivity index (χ4v) is 3.10. The SMILES string of the molecule is COC(=O)C1=COC(OCc2ccccc2)C2C(C=O)=CCC12. The molecule has 1 aliphatic carbocycles. The summed E-state index contributed by atoms with van der Waals surface area (Å²) in [7, 11) is 1.33. The van der Waals surface area contributed by atoms with Gasteiger partial charge in [0, 0.05) is 5.92 Å². The number of ether oxygens (including phenoxy) is 3. The number of carbonyl (C=O) groups excluding carboxylic acids is 2. The van der Waals surface area contributed by atoms with Crippen LogP contribution >= 0.6 is 0 Å². The van der Waals surface area contributed by atoms with Crippen molar-refractivity contribution in [3.05, 3.63) is 59.4 Å². The van der Waals surface area contributed by atoms with Crippen LogP contribution < -0.4 is 0 Å². The lowest BCUT2D eigenvalue weighted by Crippen LogP contribution is -2.37. The Bertz CT molecular complexity index is 647. The Morgan fingerprint density at radius 2 is 2.13 bits per heavy atom. The molecule has 1 aliphatic heterocycles. The van der Waals surface area contributed by atoms with Gasteiger partial charge in [0.2, 0.25) is 6.29 Å². The molecule has 1 aromatic rings. The third-order valence-electron chi connectivity index (χ3n) is 4.26. The van der Waals surface area contributed by atoms with Crippen molar-refractivity contribution >= 4 is 12.3 Å². The number of allylic oxidation sites excluding steroid dienone is 1. The lowest BCUT2D eigenvalue weighted by molar-refractivity contribution is -0.161. The largest absolute Gasteiger partial charge is 0.471 e. The molecule has 120 valence electrons. The summed E-state index contributed by atoms with van der Waals surface area (Å²) in [4.78, 5) is 23.2. The first-order chi connectivity index (χ1) is 11.2. The standard InChI is InChI=1S/C18H18O5/c1-21-17(20)15-11-23-18(16-13(9-19)7-8-14(15)16)22-10-12-5-3-2-4-6-12/h2-7,9,11,14,16,18H,8,10H2,1H3. The minimum atomic E-state index is -0.590. The average molecular weight is 314 g/mol. The van der Waals surface area contributed by atoms with Crippen LogP contribution in [0.4, 0.5) is 0 Å². The first kappa shape index (κ1) is 15.5. The number of methoxy groups -OCH3 is 1. The molecule has 3 atom stereocenters. The fourth-order valence-electron chi connectivity index (χ4n) is 3.10. The molecule has 0 spiro atoms. The Kier molecular flexibility index (Phi) is 4.57. The van der Waals surface area contributed by atoms with Crippen molar-refractivity contribution in [1.82, 2.24) is 0 Å². The molecule has 0 bridgehead atoms. The summed E-state index contributed by atoms with van der Waals surface area (Å²) in [6.45, 7) is 0.377. The van der Waals surface area contributed by atoms with E-state index >= 15 is 0 Å². The second-order valence-corrected chi connectivity index (χ2v) is 5.56. The van der Waals surface area contributed by atoms with Gasteiger partial charge in [-0.15, -0.1) is 0 Å². The minimum absolute atomic E-state index is 0.142. The lowest BCUT2D eigenvalue weighted by atomic mass is 9.83. The number of aldehydes is 1. The van der Waals surface area contributed by atoms with E-state index in [-0.39, 0.29) is 11.8 Å². The van der Waals surface area contributed by atoms with E-state index < -0.39 is 12.3 Å². The molecule has 0 radical (unpaired) electrons. The van der Waals surface area contributed by atoms with Crippen LogP contribution in [0.2, 0.25) is 0 Å². The van der Waals surface area contributed by atoms with Crippen LogP contribution in [0, 0.1) is 11.8 Å². The van der Waals surface area contributed by atoms with E-state index in [4.69, 9.17) is 14.2 Å². The maximum absolute atomic E-state index is 11.9. The van der Waals surface area contributed by atoms with Gasteiger partial charge in [0.25, 0.3) is 0 Å². The third kappa shape index (κ3) is 3.05. The minimum Gasteiger partial charge on any atom is -0.471 e. The summed E-state index contributed by atoms with van der Waals surface area (Å²) >= 11 is 0. The van der Waals surface area contributed by atoms with E-state index in [0.717, 1.165) is 11.8 Å². The van der Waals surface area contributed by atoms with Gasteiger partial charge in [0.05, 0.1) is 31.5 Å². The first-order valence-corrected chi connectivity index (χ1v) is 7.49. The Morgan fingerprint density at radius 3 is 2.83 bits per heavy atom. The number of carbonyl (C=O) groups is 2. The quantitative estimate of drug-likeness (QED) is 0.617. The van der Waals surface area contributed by atoms with E-state index in [1.165, 1.54) is 13.4 Å². The maximum atomic E-state index is 11.9. The van der Waals surface area contributed by atoms with Crippen LogP contribution in [-0.4, -0.2) is 25.7 Å². The summed E-state index contributed by atoms with van der Waals surface area (Å²) in [6.07, 6.45) is 4.07. The molecule has 5 nitrogen and oxygen atoms in total. The van der Waals surface area contributed by atoms with Crippen LogP contribution in [0.15, 0.2) is 53.8 Å². The Labute approximate surface area is 134 Å². The average Bonchev–Trinajstić information content (AvgIpc) is 3.04. The zero-order chi connectivity index (χ0) is 16.2. The molecule has 2 aliphatic rings. The van der Waals surface area contributed by atoms with Crippen LogP contribution in [0.1, 0.15) is 12.0 Å². The van der Waals surface area contributed by atoms with Crippen LogP contribution in [0.25, 0.3) is 0 Å². The van der Waals surface area contributed by atoms with Crippen molar-refractivity contribution < 1.29 is 23.8 Å². The molecule has 0 amide bonds. The van der Waals surface area contributed by atoms with Gasteiger partial charge in [-0.25, -0.2) is 4.79 Å². The lowest BCUT2D eigenvalue weighted by Gasteiger charge is -2.33. The van der Waals surface area contributed by atoms with E-state index in [9.17, 15) is 9.59 Å². The topological polar surface area (TPSA) is 61.8 Å². The van der Waals surface area contributed by atoms with E-state index in [1.54, 1.807) is 0 Å². The molecule has 1 heterocycles. The highest BCUT2D eigenvalue weighted by atomic mass is 16.7. The monoisotopic (exact) mass is 314 g/mol. The van der Waals surface area contributed by atoms with E-state index in [0.29, 0.717) is 24.2 Å². The zero-order valence-electron chi connectivity index (χ0n) is 12.8. The van der Waals surface area contributed by atoms with E-state index in [2.05, 4.69) is 0 Å². The molecular formula is C18H18O5. The molecule has 3 rings (SSSR count). The number of benzene rings is 1. The van der Waals surface area contributed by atoms with Crippen LogP contribution in [0.3, 0.4) is 0 Å². The summed E-state index contributed by atoms with van der Waals surface area (Å²) in [5.41, 5.74) is 2.08. The van der Waals surface area contributed by atoms with Crippen molar-refractivity contribution in [3.63, 3.8) is 0 Å². The fraction of sp³-hybridized carbons (Fsp3) is 0.333. The number of rotatable bonds is 5. The Balaban J connectivity index is 1.77. The predicted molar refractivity (Wildman–Crippen MR) is 81.9 cm³/mol. The molecule has 23 heavy (non-hydrogen) atoms. The molecule has 5 heteroatoms. The van der Waals surface area contributed by atoms with Gasteiger partial charge in [0.15, 0.2) is 0 Å². The van der Waals surface area contributed by atoms with Crippen LogP contribution in [0.5, 0.6) is 0 Å². The molecule has 0 saturated heterocycles. The van der Waals surface area contributed by atoms with Gasteiger partial charge >= 0.3 is 5.97 Å². The maximum Gasteiger partial charge on any atom is 0.337 e. The van der Waals surface area contributed by atoms with Crippen molar-refractivity contribution in [2.24, 2.45) is 11.8 Å². The van der Waals surface area contributed by atoms with Crippen molar-refractivity contribution in [1.29, 1.82) is 0 Å². The van der Waals surface area contributed by atoms with Gasteiger partial charge in [-0.1, -0.05) is 36.4 Å². The normalized spacial score (nSPS) is 25.7. The second-order valence-electron chi connectivity index (χ2n) is 5.56. The number of esters is 1. The van der Waals surface area contributed by atoms with Crippen molar-refractivity contribution in [2.75, 3.05) is 7.11 Å². The highest BCUT2D eigenvalue weighted by Crippen LogP contribution is 2.43. The molecular weight excluding hydrogens is 296 g/mol. The zero-order valence-corrected chi connectivity index (χ0v) is 12.8. The van der Waals surface area contributed by atoms with Gasteiger partial charge in [-0.2, -0.15) is 0 Å². The van der Waals surface area contributed by atoms with Crippen molar-refractivity contribution in [3.8, 4) is 0 Å². The molecule has 0 aromatic heterocycles. The van der Waals surface area contributed by atoms with Gasteiger partial charge in [0.1, 0.15) is 6.29 Å². The van der Waals surface area contributed by atoms with Gasteiger partial charge in [-0.3, -0.25) is 4.79 Å². The highest BCUT2D eigenvalue weighted by Gasteiger charge is 2.44. The number of hydrogen-bond donors (Lipinski definition) is 0. The summed E-state index contributed by atoms with van der Waals surface area (Å²) in [5.74, 6) is -0.852. The summed E-state index contributed by atoms with van der Waals surface area (Å²) in [6, 6.07) is 9.73. The number of hydrogen-bond acceptors (Lipinski definition) is 5. The highest BCUT2D eigenvalue weighted by molar-refractivity contribution is 5.90. The van der Waals surface area contributed by atoms with E-state index in [1.807, 2.05) is 36.4 Å². The van der Waals surface area contributed by atoms with Gasteiger partial charge in [-0.05, 0) is 17.6 Å². The predicted octanol–water partition coefficient (Wildman–Crippen LogP) is 2.38. The smallest absolute Gasteiger partial charge is 0.337 e. The molecule has 0 N–H and O–H groups in total. The first-order valence-electron chi connectivity index (χ1n) is 7.49. The molecule has 0 saturated carbocycles. The Morgan fingerprint density at radius 1 is 1.35 bits per heavy atom. The molecule has 0 fully saturated rings. The van der Waals surface area contributed by atoms with Crippen molar-refractivity contribution in [2.45, 2.75) is 19.3 Å². The molecule has 1 aromatic carbocycles. The number of fused-ring (bicyclic) bond motifs is 1. The van der Waals surface area contributed by atoms with Gasteiger partial charge < -0.3 is 14.2 Å². The summed E-state index contributed by atoms with van der Waals surface area (Å²) < 4.78 is 16.2. The third-order valence-corrected chi connectivity index (χ3v) is 4.26. The molecule has 3 unspecified atom stereocenters. The van der Waals surface area contributed by atoms with Crippen LogP contribution in [-0.2, 0) is 30.4 Å². The Hall–Kier alpha value is -2.40. The second kappa shape index (κ2) is 6.79.